The van der Waals surface area contributed by atoms with Gasteiger partial charge in [0.2, 0.25) is 0 Å². The Morgan fingerprint density at radius 3 is 0.893 bits per heavy atom. The zero-order valence-corrected chi connectivity index (χ0v) is 75.5. The van der Waals surface area contributed by atoms with Gasteiger partial charge in [-0.2, -0.15) is 0 Å². The molecule has 0 bridgehead atoms. The quantitative estimate of drug-likeness (QED) is 0.0852. The molecule has 131 heavy (non-hydrogen) atoms. The number of hydrogen-bond donors (Lipinski definition) is 0. The van der Waals surface area contributed by atoms with Crippen LogP contribution in [0.4, 0.5) is 0 Å². The Hall–Kier alpha value is -13.5. The fraction of sp³-hybridized carbons (Fsp3) is 0.206. The normalized spacial score (nSPS) is 23.7. The molecule has 0 fully saturated rings. The van der Waals surface area contributed by atoms with Crippen molar-refractivity contribution in [3.05, 3.63) is 560 Å². The van der Waals surface area contributed by atoms with Crippen LogP contribution < -0.4 is 20.9 Å². The predicted molar refractivity (Wildman–Crippen MR) is 550 cm³/mol. The average Bonchev–Trinajstić information content (AvgIpc) is 1.53. The summed E-state index contributed by atoms with van der Waals surface area (Å²) in [6.45, 7) is 2.20. The summed E-state index contributed by atoms with van der Waals surface area (Å²) < 4.78 is 0. The fourth-order valence-corrected chi connectivity index (χ4v) is 25.7. The number of allylic oxidation sites excluding steroid dienone is 52. The Kier molecular flexibility index (Phi) is 21.2. The third-order valence-electron chi connectivity index (χ3n) is 32.2. The van der Waals surface area contributed by atoms with E-state index in [1.54, 1.807) is 0 Å². The van der Waals surface area contributed by atoms with E-state index in [1.807, 2.05) is 0 Å². The van der Waals surface area contributed by atoms with E-state index in [-0.39, 0.29) is 5.41 Å². The minimum absolute atomic E-state index is 0.295. The van der Waals surface area contributed by atoms with Gasteiger partial charge in [-0.25, -0.2) is 0 Å². The van der Waals surface area contributed by atoms with E-state index in [9.17, 15) is 0 Å². The van der Waals surface area contributed by atoms with Gasteiger partial charge in [-0.1, -0.05) is 405 Å². The molecule has 5 unspecified atom stereocenters. The summed E-state index contributed by atoms with van der Waals surface area (Å²) in [5.41, 5.74) is 49.8. The van der Waals surface area contributed by atoms with Crippen LogP contribution in [0.2, 0.25) is 0 Å². The Balaban J connectivity index is 0.461. The molecule has 16 aliphatic rings. The molecule has 0 radical (unpaired) electrons. The molecule has 0 heterocycles. The van der Waals surface area contributed by atoms with Gasteiger partial charge in [-0.05, 0) is 341 Å². The van der Waals surface area contributed by atoms with Crippen LogP contribution in [0.5, 0.6) is 0 Å². The highest BCUT2D eigenvalue weighted by atomic mass is 14.5. The first-order valence-corrected chi connectivity index (χ1v) is 49.1. The van der Waals surface area contributed by atoms with E-state index in [4.69, 9.17) is 0 Å². The molecular weight excluding hydrogens is 1570 g/mol. The molecule has 8 aromatic carbocycles. The molecule has 0 nitrogen and oxygen atoms in total. The summed E-state index contributed by atoms with van der Waals surface area (Å²) >= 11 is 0. The predicted octanol–water partition coefficient (Wildman–Crippen LogP) is 29.7. The molecule has 0 saturated heterocycles. The topological polar surface area (TPSA) is 0 Å². The third-order valence-corrected chi connectivity index (χ3v) is 32.2. The lowest BCUT2D eigenvalue weighted by atomic mass is 9.64. The van der Waals surface area contributed by atoms with Gasteiger partial charge in [-0.15, -0.1) is 0 Å². The lowest BCUT2D eigenvalue weighted by Crippen LogP contribution is -2.40. The molecular formula is C131H112. The van der Waals surface area contributed by atoms with Crippen LogP contribution in [0.1, 0.15) is 173 Å². The molecule has 24 rings (SSSR count). The van der Waals surface area contributed by atoms with Crippen molar-refractivity contribution in [3.8, 4) is 22.3 Å². The van der Waals surface area contributed by atoms with Crippen LogP contribution in [0.25, 0.3) is 50.1 Å². The van der Waals surface area contributed by atoms with Crippen LogP contribution >= 0.6 is 0 Å². The molecule has 8 aromatic rings. The lowest BCUT2D eigenvalue weighted by molar-refractivity contribution is 0.670. The number of hydrogen-bond acceptors (Lipinski definition) is 0. The van der Waals surface area contributed by atoms with Crippen molar-refractivity contribution >= 4 is 27.9 Å². The van der Waals surface area contributed by atoms with E-state index in [1.165, 1.54) is 222 Å². The van der Waals surface area contributed by atoms with Gasteiger partial charge in [-0.3, -0.25) is 0 Å². The zero-order chi connectivity index (χ0) is 86.9. The molecule has 0 heteroatoms. The zero-order valence-electron chi connectivity index (χ0n) is 75.5. The van der Waals surface area contributed by atoms with E-state index in [2.05, 4.69) is 402 Å². The SMILES string of the molecule is Cc1ccc(C2(C3=CC=C(C4=CC=C(C5=c6ccccc6=C(C6=CC=C(C=CC7=CC=C(C8=CC=C(c9ccc%10c(c9)-c9ccccc9C%10(C9=CC=C(C%10=CC=C(C%11=c%12ccccc%12=C(C%12=CC=C(C=CC%13=CC=C(C%14=CC=CCC%14)CC%13)CC%12)C%12C=CC=CC%11%12)CC%10)CC9)c9ccccc9)CC8)CC7)CC6)C6C=CC=CC56)CC4)CC3)c3ccccc3-c3ccccc32)cc1. The van der Waals surface area contributed by atoms with Crippen LogP contribution in [0.15, 0.2) is 495 Å². The number of rotatable bonds is 17. The summed E-state index contributed by atoms with van der Waals surface area (Å²) in [7, 11) is 0. The van der Waals surface area contributed by atoms with E-state index in [0.29, 0.717) is 23.7 Å². The summed E-state index contributed by atoms with van der Waals surface area (Å²) in [6, 6.07) is 74.8. The van der Waals surface area contributed by atoms with Crippen molar-refractivity contribution in [2.45, 2.75) is 146 Å². The smallest absolute Gasteiger partial charge is 0.0676 e. The molecule has 636 valence electrons. The number of fused-ring (bicyclic) bond motifs is 10. The van der Waals surface area contributed by atoms with Crippen molar-refractivity contribution in [2.75, 3.05) is 0 Å². The summed E-state index contributed by atoms with van der Waals surface area (Å²) in [5, 5.41) is 5.66. The van der Waals surface area contributed by atoms with Crippen LogP contribution in [-0.2, 0) is 10.8 Å². The summed E-state index contributed by atoms with van der Waals surface area (Å²) in [4.78, 5) is 0. The third kappa shape index (κ3) is 14.3. The highest BCUT2D eigenvalue weighted by molar-refractivity contribution is 5.91. The van der Waals surface area contributed by atoms with Gasteiger partial charge in [0.05, 0.1) is 10.8 Å². The van der Waals surface area contributed by atoms with E-state index < -0.39 is 5.41 Å². The average molecular weight is 1690 g/mol. The van der Waals surface area contributed by atoms with Crippen molar-refractivity contribution in [1.82, 2.24) is 0 Å². The Labute approximate surface area is 774 Å². The highest BCUT2D eigenvalue weighted by Crippen LogP contribution is 2.61. The first-order valence-electron chi connectivity index (χ1n) is 49.1. The number of aryl methyl sites for hydroxylation is 1. The van der Waals surface area contributed by atoms with Gasteiger partial charge in [0, 0.05) is 23.7 Å². The second-order valence-electron chi connectivity index (χ2n) is 39.0. The minimum atomic E-state index is -0.395. The van der Waals surface area contributed by atoms with Crippen LogP contribution in [0.3, 0.4) is 0 Å². The Morgan fingerprint density at radius 2 is 0.534 bits per heavy atom. The Bertz CT molecular complexity index is 7350. The monoisotopic (exact) mass is 1680 g/mol. The molecule has 0 spiro atoms. The maximum absolute atomic E-state index is 2.55. The van der Waals surface area contributed by atoms with Crippen molar-refractivity contribution < 1.29 is 0 Å². The van der Waals surface area contributed by atoms with Crippen molar-refractivity contribution in [1.29, 1.82) is 0 Å². The fourth-order valence-electron chi connectivity index (χ4n) is 25.7. The largest absolute Gasteiger partial charge is 0.0842 e. The highest BCUT2D eigenvalue weighted by Gasteiger charge is 2.50. The maximum Gasteiger partial charge on any atom is 0.0676 e. The molecule has 0 aliphatic heterocycles. The second kappa shape index (κ2) is 34.4. The molecule has 0 amide bonds. The first-order chi connectivity index (χ1) is 64.8. The van der Waals surface area contributed by atoms with Gasteiger partial charge in [0.15, 0.2) is 0 Å². The Morgan fingerprint density at radius 1 is 0.229 bits per heavy atom. The molecule has 0 aromatic heterocycles. The van der Waals surface area contributed by atoms with Gasteiger partial charge in [0.25, 0.3) is 0 Å². The second-order valence-corrected chi connectivity index (χ2v) is 39.0. The molecule has 5 atom stereocenters. The van der Waals surface area contributed by atoms with E-state index >= 15 is 0 Å². The maximum atomic E-state index is 2.55. The summed E-state index contributed by atoms with van der Waals surface area (Å²) in [6.07, 6.45) is 101. The number of benzene rings is 8. The van der Waals surface area contributed by atoms with Crippen LogP contribution in [0, 0.1) is 30.6 Å². The van der Waals surface area contributed by atoms with Gasteiger partial charge >= 0.3 is 0 Å². The first kappa shape index (κ1) is 80.8. The summed E-state index contributed by atoms with van der Waals surface area (Å²) in [5.74, 6) is 1.20. The minimum Gasteiger partial charge on any atom is -0.0842 e. The lowest BCUT2D eigenvalue weighted by Gasteiger charge is -2.38. The van der Waals surface area contributed by atoms with Crippen LogP contribution in [-0.4, -0.2) is 0 Å². The molecule has 16 aliphatic carbocycles. The van der Waals surface area contributed by atoms with Crippen molar-refractivity contribution in [3.63, 3.8) is 0 Å². The van der Waals surface area contributed by atoms with Gasteiger partial charge < -0.3 is 0 Å². The van der Waals surface area contributed by atoms with Gasteiger partial charge in [0.1, 0.15) is 0 Å². The standard InChI is InChI=1S/C131H112/c1-87-40-79-107(80-41-87)131(122-37-19-16-26-110(122)111-27-17-20-38-123(111)131)109-83-76-99(77-84-109)97-68-72-104(73-69-97)129-119-35-14-10-31-115(119)127(116-32-11-15-36-120(116)129)102-60-52-91(53-61-102)45-43-89-48-56-94(57-49-89)95-62-64-100(65-63-95)105-78-85-125-121(86-105)112-28-18-21-39-124(112)130(125,106-24-6-3-7-25-106)108-81-74-98(75-82-108)96-66-70-103(71-67-96)128-117-33-12-8-29-113(117)126(114-30-9-13-34-118(114)128)101-58-50-90(51-59-101)44-42-88-46-54-93(55-47-88)92-22-4-2-5-23-92/h2-4,6-22,24-46,48,50,52,54,56,58,60,62,64,66,68,70,72,74,76,78-81,83,85-86,113,115,117,119H,5,23,47,49,51,53,55,57,59,61,63,65,67,69,71,73,75,77,82,84H2,1H3. The van der Waals surface area contributed by atoms with Crippen molar-refractivity contribution in [2.24, 2.45) is 23.7 Å². The molecule has 0 N–H and O–H groups in total. The van der Waals surface area contributed by atoms with E-state index in [0.717, 1.165) is 122 Å². The molecule has 0 saturated carbocycles.